The number of piperazine rings is 1. The maximum atomic E-state index is 13.1. The molecule has 1 amide bonds. The fourth-order valence-electron chi connectivity index (χ4n) is 3.72. The minimum atomic E-state index is -0.234. The van der Waals surface area contributed by atoms with E-state index in [1.165, 1.54) is 12.1 Å². The van der Waals surface area contributed by atoms with Crippen LogP contribution in [0.15, 0.2) is 28.8 Å². The van der Waals surface area contributed by atoms with E-state index in [1.807, 2.05) is 4.90 Å². The van der Waals surface area contributed by atoms with Gasteiger partial charge in [-0.1, -0.05) is 12.1 Å². The molecule has 1 aromatic heterocycles. The van der Waals surface area contributed by atoms with Gasteiger partial charge in [0.2, 0.25) is 0 Å². The lowest BCUT2D eigenvalue weighted by Crippen LogP contribution is -2.49. The Labute approximate surface area is 146 Å². The second-order valence-corrected chi connectivity index (χ2v) is 7.04. The molecule has 2 aromatic rings. The van der Waals surface area contributed by atoms with Gasteiger partial charge in [0.05, 0.1) is 0 Å². The molecule has 1 aromatic carbocycles. The Kier molecular flexibility index (Phi) is 4.19. The first-order valence-electron chi connectivity index (χ1n) is 8.89. The zero-order valence-corrected chi connectivity index (χ0v) is 14.4. The number of halogens is 1. The summed E-state index contributed by atoms with van der Waals surface area (Å²) in [5.74, 6) is 1.18. The van der Waals surface area contributed by atoms with Crippen molar-refractivity contribution in [3.05, 3.63) is 47.1 Å². The lowest BCUT2D eigenvalue weighted by atomic mass is 9.88. The van der Waals surface area contributed by atoms with Gasteiger partial charge in [0, 0.05) is 43.9 Å². The molecule has 1 atom stereocenters. The summed E-state index contributed by atoms with van der Waals surface area (Å²) >= 11 is 0. The molecule has 132 valence electrons. The van der Waals surface area contributed by atoms with Crippen LogP contribution in [0, 0.1) is 11.7 Å². The second-order valence-electron chi connectivity index (χ2n) is 7.04. The molecule has 5 nitrogen and oxygen atoms in total. The summed E-state index contributed by atoms with van der Waals surface area (Å²) in [5.41, 5.74) is 2.49. The van der Waals surface area contributed by atoms with Crippen LogP contribution < -0.4 is 4.90 Å². The van der Waals surface area contributed by atoms with Crippen molar-refractivity contribution in [2.24, 2.45) is 5.92 Å². The molecule has 0 saturated carbocycles. The number of hydrogen-bond donors (Lipinski definition) is 0. The molecule has 1 saturated heterocycles. The number of hydrogen-bond acceptors (Lipinski definition) is 4. The highest BCUT2D eigenvalue weighted by Gasteiger charge is 2.31. The van der Waals surface area contributed by atoms with Crippen molar-refractivity contribution in [3.8, 4) is 0 Å². The molecular formula is C19H22FN3O2. The van der Waals surface area contributed by atoms with Crippen LogP contribution in [0.4, 0.5) is 10.1 Å². The molecule has 2 aliphatic rings. The number of anilines is 1. The van der Waals surface area contributed by atoms with E-state index in [1.54, 1.807) is 12.1 Å². The lowest BCUT2D eigenvalue weighted by Gasteiger charge is -2.36. The van der Waals surface area contributed by atoms with Crippen LogP contribution in [0.3, 0.4) is 0 Å². The van der Waals surface area contributed by atoms with Gasteiger partial charge in [0.15, 0.2) is 5.69 Å². The number of rotatable bonds is 2. The van der Waals surface area contributed by atoms with Crippen molar-refractivity contribution in [3.63, 3.8) is 0 Å². The number of fused-ring (bicyclic) bond motifs is 1. The third kappa shape index (κ3) is 3.13. The van der Waals surface area contributed by atoms with Crippen LogP contribution in [0.25, 0.3) is 0 Å². The first-order valence-corrected chi connectivity index (χ1v) is 8.89. The summed E-state index contributed by atoms with van der Waals surface area (Å²) in [6.45, 7) is 4.92. The van der Waals surface area contributed by atoms with E-state index in [4.69, 9.17) is 4.52 Å². The number of aryl methyl sites for hydroxylation is 1. The van der Waals surface area contributed by atoms with Crippen molar-refractivity contribution in [1.82, 2.24) is 10.1 Å². The number of carbonyl (C=O) groups is 1. The van der Waals surface area contributed by atoms with E-state index in [9.17, 15) is 9.18 Å². The highest BCUT2D eigenvalue weighted by atomic mass is 19.1. The van der Waals surface area contributed by atoms with E-state index >= 15 is 0 Å². The second kappa shape index (κ2) is 6.50. The number of benzene rings is 1. The first-order chi connectivity index (χ1) is 12.1. The van der Waals surface area contributed by atoms with E-state index in [0.29, 0.717) is 24.7 Å². The Morgan fingerprint density at radius 3 is 2.64 bits per heavy atom. The van der Waals surface area contributed by atoms with Crippen molar-refractivity contribution >= 4 is 11.6 Å². The molecule has 1 aliphatic carbocycles. The fourth-order valence-corrected chi connectivity index (χ4v) is 3.72. The quantitative estimate of drug-likeness (QED) is 0.841. The average molecular weight is 343 g/mol. The smallest absolute Gasteiger partial charge is 0.276 e. The van der Waals surface area contributed by atoms with Gasteiger partial charge in [0.25, 0.3) is 5.91 Å². The summed E-state index contributed by atoms with van der Waals surface area (Å²) < 4.78 is 18.5. The van der Waals surface area contributed by atoms with Gasteiger partial charge in [-0.25, -0.2) is 4.39 Å². The van der Waals surface area contributed by atoms with Gasteiger partial charge in [-0.2, -0.15) is 0 Å². The Morgan fingerprint density at radius 1 is 1.20 bits per heavy atom. The number of carbonyl (C=O) groups excluding carboxylic acids is 1. The molecule has 0 spiro atoms. The van der Waals surface area contributed by atoms with Gasteiger partial charge in [-0.05, 0) is 43.0 Å². The summed E-state index contributed by atoms with van der Waals surface area (Å²) in [5, 5.41) is 4.07. The number of nitrogens with zero attached hydrogens (tertiary/aromatic N) is 3. The first kappa shape index (κ1) is 16.1. The van der Waals surface area contributed by atoms with Gasteiger partial charge in [0.1, 0.15) is 11.6 Å². The molecule has 0 radical (unpaired) electrons. The maximum absolute atomic E-state index is 13.1. The summed E-state index contributed by atoms with van der Waals surface area (Å²) in [6, 6.07) is 6.50. The fraction of sp³-hybridized carbons (Fsp3) is 0.474. The van der Waals surface area contributed by atoms with Crippen LogP contribution in [-0.2, 0) is 12.8 Å². The Morgan fingerprint density at radius 2 is 1.92 bits per heavy atom. The lowest BCUT2D eigenvalue weighted by molar-refractivity contribution is 0.0735. The Hall–Kier alpha value is -2.37. The Balaban J connectivity index is 1.43. The number of aromatic nitrogens is 1. The molecule has 25 heavy (non-hydrogen) atoms. The minimum Gasteiger partial charge on any atom is -0.368 e. The third-order valence-electron chi connectivity index (χ3n) is 5.25. The number of amides is 1. The van der Waals surface area contributed by atoms with E-state index < -0.39 is 0 Å². The monoisotopic (exact) mass is 343 g/mol. The van der Waals surface area contributed by atoms with Crippen molar-refractivity contribution in [2.45, 2.75) is 26.2 Å². The molecule has 0 bridgehead atoms. The van der Waals surface area contributed by atoms with E-state index in [2.05, 4.69) is 17.0 Å². The maximum Gasteiger partial charge on any atom is 0.276 e. The third-order valence-corrected chi connectivity index (χ3v) is 5.25. The van der Waals surface area contributed by atoms with Gasteiger partial charge < -0.3 is 14.3 Å². The largest absolute Gasteiger partial charge is 0.368 e. The summed E-state index contributed by atoms with van der Waals surface area (Å²) in [7, 11) is 0. The summed E-state index contributed by atoms with van der Waals surface area (Å²) in [6.07, 6.45) is 2.83. The molecule has 6 heteroatoms. The SMILES string of the molecule is C[C@@H]1CCc2onc(C(=O)N3CCN(c4ccc(F)cc4)CC3)c2C1. The minimum absolute atomic E-state index is 0.0298. The zero-order valence-electron chi connectivity index (χ0n) is 14.4. The highest BCUT2D eigenvalue weighted by molar-refractivity contribution is 5.94. The van der Waals surface area contributed by atoms with Crippen molar-refractivity contribution in [1.29, 1.82) is 0 Å². The van der Waals surface area contributed by atoms with E-state index in [-0.39, 0.29) is 11.7 Å². The summed E-state index contributed by atoms with van der Waals surface area (Å²) in [4.78, 5) is 16.9. The molecule has 0 N–H and O–H groups in total. The Bertz CT molecular complexity index is 763. The van der Waals surface area contributed by atoms with Crippen LogP contribution in [-0.4, -0.2) is 42.1 Å². The topological polar surface area (TPSA) is 49.6 Å². The predicted molar refractivity (Wildman–Crippen MR) is 92.2 cm³/mol. The highest BCUT2D eigenvalue weighted by Crippen LogP contribution is 2.29. The average Bonchev–Trinajstić information content (AvgIpc) is 3.05. The van der Waals surface area contributed by atoms with Crippen LogP contribution in [0.5, 0.6) is 0 Å². The molecule has 1 aliphatic heterocycles. The predicted octanol–water partition coefficient (Wildman–Crippen LogP) is 2.90. The van der Waals surface area contributed by atoms with Crippen LogP contribution in [0.2, 0.25) is 0 Å². The molecule has 4 rings (SSSR count). The molecule has 2 heterocycles. The normalized spacial score (nSPS) is 20.5. The van der Waals surface area contributed by atoms with Crippen molar-refractivity contribution in [2.75, 3.05) is 31.1 Å². The molecule has 1 fully saturated rings. The molecular weight excluding hydrogens is 321 g/mol. The molecule has 0 unspecified atom stereocenters. The van der Waals surface area contributed by atoms with Gasteiger partial charge in [-0.3, -0.25) is 4.79 Å². The van der Waals surface area contributed by atoms with E-state index in [0.717, 1.165) is 49.4 Å². The van der Waals surface area contributed by atoms with Crippen LogP contribution >= 0.6 is 0 Å². The van der Waals surface area contributed by atoms with Gasteiger partial charge in [-0.15, -0.1) is 0 Å². The zero-order chi connectivity index (χ0) is 17.4. The standard InChI is InChI=1S/C19H22FN3O2/c1-13-2-7-17-16(12-13)18(21-25-17)19(24)23-10-8-22(9-11-23)15-5-3-14(20)4-6-15/h3-6,13H,2,7-12H2,1H3/t13-/m1/s1. The van der Waals surface area contributed by atoms with Gasteiger partial charge >= 0.3 is 0 Å². The van der Waals surface area contributed by atoms with Crippen LogP contribution in [0.1, 0.15) is 35.2 Å². The van der Waals surface area contributed by atoms with Crippen molar-refractivity contribution < 1.29 is 13.7 Å².